The third-order valence-corrected chi connectivity index (χ3v) is 6.64. The van der Waals surface area contributed by atoms with Gasteiger partial charge in [-0.1, -0.05) is 48.5 Å². The van der Waals surface area contributed by atoms with Gasteiger partial charge in [-0.25, -0.2) is 0 Å². The summed E-state index contributed by atoms with van der Waals surface area (Å²) in [5.74, 6) is -0.911. The van der Waals surface area contributed by atoms with Crippen LogP contribution in [0.25, 0.3) is 32.7 Å². The minimum atomic E-state index is -0.854. The van der Waals surface area contributed by atoms with Crippen LogP contribution in [-0.2, 0) is 17.9 Å². The topological polar surface area (TPSA) is 101 Å². The SMILES string of the molecule is Cl.O=C(O)[C@@H]1CCCN1Cc1cc2ccccc2c(-c2c(O)c(CO)cc3ccccc23)c1O. The number of hydrogen-bond donors (Lipinski definition) is 4. The molecular weight excluding hydrogens is 454 g/mol. The Morgan fingerprint density at radius 1 is 0.882 bits per heavy atom. The second kappa shape index (κ2) is 9.50. The van der Waals surface area contributed by atoms with E-state index >= 15 is 0 Å². The van der Waals surface area contributed by atoms with E-state index in [1.165, 1.54) is 0 Å². The van der Waals surface area contributed by atoms with E-state index in [0.717, 1.165) is 28.0 Å². The lowest BCUT2D eigenvalue weighted by molar-refractivity contribution is -0.142. The van der Waals surface area contributed by atoms with Crippen LogP contribution >= 0.6 is 12.4 Å². The number of benzene rings is 4. The van der Waals surface area contributed by atoms with Crippen molar-refractivity contribution < 1.29 is 25.2 Å². The molecule has 0 aliphatic carbocycles. The Balaban J connectivity index is 0.00000274. The van der Waals surface area contributed by atoms with Crippen LogP contribution in [0.2, 0.25) is 0 Å². The monoisotopic (exact) mass is 479 g/mol. The first-order valence-electron chi connectivity index (χ1n) is 11.0. The number of halogens is 1. The van der Waals surface area contributed by atoms with Gasteiger partial charge in [-0.05, 0) is 53.1 Å². The molecule has 6 nitrogen and oxygen atoms in total. The molecule has 0 aromatic heterocycles. The molecule has 0 spiro atoms. The van der Waals surface area contributed by atoms with E-state index in [-0.39, 0.29) is 30.5 Å². The van der Waals surface area contributed by atoms with E-state index in [9.17, 15) is 25.2 Å². The first-order valence-corrected chi connectivity index (χ1v) is 11.0. The van der Waals surface area contributed by atoms with Crippen LogP contribution in [0.5, 0.6) is 11.5 Å². The Hall–Kier alpha value is -3.32. The highest BCUT2D eigenvalue weighted by Crippen LogP contribution is 2.47. The quantitative estimate of drug-likeness (QED) is 0.320. The molecule has 4 aromatic rings. The molecule has 34 heavy (non-hydrogen) atoms. The second-order valence-corrected chi connectivity index (χ2v) is 8.59. The van der Waals surface area contributed by atoms with Crippen LogP contribution in [0.3, 0.4) is 0 Å². The van der Waals surface area contributed by atoms with Crippen LogP contribution in [0, 0.1) is 0 Å². The van der Waals surface area contributed by atoms with Gasteiger partial charge < -0.3 is 20.4 Å². The zero-order valence-corrected chi connectivity index (χ0v) is 19.3. The molecule has 1 heterocycles. The van der Waals surface area contributed by atoms with Crippen molar-refractivity contribution in [1.82, 2.24) is 4.90 Å². The largest absolute Gasteiger partial charge is 0.507 e. The van der Waals surface area contributed by atoms with E-state index in [0.29, 0.717) is 41.8 Å². The number of aliphatic hydroxyl groups excluding tert-OH is 1. The molecule has 1 aliphatic heterocycles. The molecule has 0 radical (unpaired) electrons. The summed E-state index contributed by atoms with van der Waals surface area (Å²) in [4.78, 5) is 13.6. The smallest absolute Gasteiger partial charge is 0.320 e. The number of carboxylic acid groups (broad SMARTS) is 1. The van der Waals surface area contributed by atoms with Gasteiger partial charge in [-0.3, -0.25) is 9.69 Å². The molecular formula is C27H26ClNO5. The summed E-state index contributed by atoms with van der Waals surface area (Å²) < 4.78 is 0. The number of hydrogen-bond acceptors (Lipinski definition) is 5. The summed E-state index contributed by atoms with van der Waals surface area (Å²) in [6.07, 6.45) is 1.38. The van der Waals surface area contributed by atoms with Gasteiger partial charge in [0.05, 0.1) is 6.61 Å². The van der Waals surface area contributed by atoms with E-state index in [2.05, 4.69) is 0 Å². The number of aliphatic carboxylic acids is 1. The van der Waals surface area contributed by atoms with E-state index < -0.39 is 12.0 Å². The molecule has 1 saturated heterocycles. The first kappa shape index (κ1) is 23.8. The van der Waals surface area contributed by atoms with Gasteiger partial charge in [-0.2, -0.15) is 0 Å². The fraction of sp³-hybridized carbons (Fsp3) is 0.222. The Morgan fingerprint density at radius 3 is 1.97 bits per heavy atom. The average molecular weight is 480 g/mol. The van der Waals surface area contributed by atoms with Crippen molar-refractivity contribution in [2.24, 2.45) is 0 Å². The maximum Gasteiger partial charge on any atom is 0.320 e. The van der Waals surface area contributed by atoms with Crippen molar-refractivity contribution in [3.63, 3.8) is 0 Å². The fourth-order valence-corrected chi connectivity index (χ4v) is 5.05. The molecule has 0 bridgehead atoms. The summed E-state index contributed by atoms with van der Waals surface area (Å²) in [5.41, 5.74) is 1.93. The van der Waals surface area contributed by atoms with Gasteiger partial charge in [0.2, 0.25) is 0 Å². The van der Waals surface area contributed by atoms with Gasteiger partial charge in [0.25, 0.3) is 0 Å². The van der Waals surface area contributed by atoms with Gasteiger partial charge in [-0.15, -0.1) is 12.4 Å². The summed E-state index contributed by atoms with van der Waals surface area (Å²) >= 11 is 0. The molecule has 5 rings (SSSR count). The summed E-state index contributed by atoms with van der Waals surface area (Å²) in [5, 5.41) is 45.4. The van der Waals surface area contributed by atoms with Crippen LogP contribution in [0.15, 0.2) is 60.7 Å². The fourth-order valence-electron chi connectivity index (χ4n) is 5.05. The van der Waals surface area contributed by atoms with E-state index in [4.69, 9.17) is 0 Å². The highest BCUT2D eigenvalue weighted by Gasteiger charge is 2.31. The maximum atomic E-state index is 11.7. The van der Waals surface area contributed by atoms with Gasteiger partial charge in [0.15, 0.2) is 0 Å². The number of nitrogens with zero attached hydrogens (tertiary/aromatic N) is 1. The molecule has 1 aliphatic rings. The first-order chi connectivity index (χ1) is 16.0. The van der Waals surface area contributed by atoms with Gasteiger partial charge in [0, 0.05) is 28.8 Å². The molecule has 4 N–H and O–H groups in total. The Morgan fingerprint density at radius 2 is 1.41 bits per heavy atom. The van der Waals surface area contributed by atoms with Crippen molar-refractivity contribution >= 4 is 39.9 Å². The number of aliphatic hydroxyl groups is 1. The zero-order chi connectivity index (χ0) is 23.1. The number of aromatic hydroxyl groups is 2. The van der Waals surface area contributed by atoms with Gasteiger partial charge in [0.1, 0.15) is 17.5 Å². The lowest BCUT2D eigenvalue weighted by atomic mass is 9.88. The number of fused-ring (bicyclic) bond motifs is 2. The maximum absolute atomic E-state index is 11.7. The number of phenolic OH excluding ortho intramolecular Hbond substituents is 1. The Bertz CT molecular complexity index is 1390. The number of carboxylic acids is 1. The molecule has 1 atom stereocenters. The van der Waals surface area contributed by atoms with Gasteiger partial charge >= 0.3 is 5.97 Å². The van der Waals surface area contributed by atoms with Crippen molar-refractivity contribution in [2.45, 2.75) is 32.0 Å². The second-order valence-electron chi connectivity index (χ2n) is 8.59. The van der Waals surface area contributed by atoms with Crippen molar-refractivity contribution in [2.75, 3.05) is 6.54 Å². The molecule has 4 aromatic carbocycles. The molecule has 0 amide bonds. The van der Waals surface area contributed by atoms with E-state index in [1.807, 2.05) is 59.5 Å². The van der Waals surface area contributed by atoms with E-state index in [1.54, 1.807) is 6.07 Å². The van der Waals surface area contributed by atoms with Crippen molar-refractivity contribution in [3.05, 3.63) is 71.8 Å². The number of rotatable bonds is 5. The van der Waals surface area contributed by atoms with Crippen LogP contribution in [-0.4, -0.2) is 43.9 Å². The molecule has 0 saturated carbocycles. The predicted molar refractivity (Wildman–Crippen MR) is 134 cm³/mol. The normalized spacial score (nSPS) is 16.1. The third-order valence-electron chi connectivity index (χ3n) is 6.64. The standard InChI is InChI=1S/C27H25NO5.ClH/c29-15-19-13-17-7-2-4-9-21(17)24(26(19)31)23-20-8-3-1-6-16(20)12-18(25(23)30)14-28-11-5-10-22(28)27(32)33;/h1-4,6-9,12-13,22,29-31H,5,10-11,14-15H2,(H,32,33);1H/t22-;/m0./s1. The number of carbonyl (C=O) groups is 1. The lowest BCUT2D eigenvalue weighted by Crippen LogP contribution is -2.35. The molecule has 176 valence electrons. The summed E-state index contributed by atoms with van der Waals surface area (Å²) in [7, 11) is 0. The molecule has 7 heteroatoms. The lowest BCUT2D eigenvalue weighted by Gasteiger charge is -2.23. The average Bonchev–Trinajstić information content (AvgIpc) is 3.29. The molecule has 0 unspecified atom stereocenters. The van der Waals surface area contributed by atoms with Crippen molar-refractivity contribution in [1.29, 1.82) is 0 Å². The Kier molecular flexibility index (Phi) is 6.66. The summed E-state index contributed by atoms with van der Waals surface area (Å²) in [6.45, 7) is 0.599. The summed E-state index contributed by atoms with van der Waals surface area (Å²) in [6, 6.07) is 18.2. The van der Waals surface area contributed by atoms with Crippen LogP contribution in [0.4, 0.5) is 0 Å². The minimum Gasteiger partial charge on any atom is -0.507 e. The zero-order valence-electron chi connectivity index (χ0n) is 18.4. The third kappa shape index (κ3) is 3.94. The number of phenols is 2. The molecule has 1 fully saturated rings. The highest BCUT2D eigenvalue weighted by atomic mass is 35.5. The number of likely N-dealkylation sites (tertiary alicyclic amines) is 1. The van der Waals surface area contributed by atoms with Crippen molar-refractivity contribution in [3.8, 4) is 22.6 Å². The van der Waals surface area contributed by atoms with Crippen LogP contribution in [0.1, 0.15) is 24.0 Å². The van der Waals surface area contributed by atoms with Crippen LogP contribution < -0.4 is 0 Å². The minimum absolute atomic E-state index is 0. The predicted octanol–water partition coefficient (Wildman–Crippen LogP) is 5.03. The highest BCUT2D eigenvalue weighted by molar-refractivity contribution is 6.10. The Labute approximate surface area is 203 Å².